The molecule has 1 aliphatic heterocycles. The van der Waals surface area contributed by atoms with Crippen LogP contribution in [0.25, 0.3) is 0 Å². The third-order valence-corrected chi connectivity index (χ3v) is 2.08. The summed E-state index contributed by atoms with van der Waals surface area (Å²) >= 11 is 0. The second kappa shape index (κ2) is 4.37. The quantitative estimate of drug-likeness (QED) is 0.628. The third kappa shape index (κ3) is 2.81. The van der Waals surface area contributed by atoms with Gasteiger partial charge in [-0.15, -0.1) is 0 Å². The predicted molar refractivity (Wildman–Crippen MR) is 49.0 cm³/mol. The van der Waals surface area contributed by atoms with E-state index in [1.54, 1.807) is 0 Å². The molecule has 74 valence electrons. The average molecular weight is 184 g/mol. The summed E-state index contributed by atoms with van der Waals surface area (Å²) in [6.07, 6.45) is 0.886. The Kier molecular flexibility index (Phi) is 3.42. The van der Waals surface area contributed by atoms with Crippen molar-refractivity contribution in [3.8, 4) is 0 Å². The summed E-state index contributed by atoms with van der Waals surface area (Å²) in [5.41, 5.74) is 0. The van der Waals surface area contributed by atoms with Gasteiger partial charge >= 0.3 is 0 Å². The van der Waals surface area contributed by atoms with E-state index in [-0.39, 0.29) is 11.8 Å². The van der Waals surface area contributed by atoms with E-state index in [9.17, 15) is 9.59 Å². The molecule has 0 radical (unpaired) electrons. The molecule has 0 aromatic rings. The van der Waals surface area contributed by atoms with Crippen LogP contribution in [-0.4, -0.2) is 36.3 Å². The van der Waals surface area contributed by atoms with Crippen molar-refractivity contribution in [2.75, 3.05) is 19.6 Å². The van der Waals surface area contributed by atoms with Gasteiger partial charge in [0.05, 0.1) is 13.1 Å². The van der Waals surface area contributed by atoms with E-state index in [0.29, 0.717) is 25.6 Å². The molecular weight excluding hydrogens is 168 g/mol. The molecule has 0 spiro atoms. The summed E-state index contributed by atoms with van der Waals surface area (Å²) in [4.78, 5) is 23.9. The number of nitrogens with zero attached hydrogens (tertiary/aromatic N) is 1. The van der Waals surface area contributed by atoms with Gasteiger partial charge < -0.3 is 0 Å². The number of rotatable bonds is 3. The Hall–Kier alpha value is -0.900. The molecule has 4 nitrogen and oxygen atoms in total. The van der Waals surface area contributed by atoms with Crippen LogP contribution in [0.4, 0.5) is 0 Å². The van der Waals surface area contributed by atoms with Crippen LogP contribution in [0.3, 0.4) is 0 Å². The molecule has 4 heteroatoms. The van der Waals surface area contributed by atoms with E-state index < -0.39 is 0 Å². The zero-order valence-electron chi connectivity index (χ0n) is 8.17. The maximum absolute atomic E-state index is 11.3. The monoisotopic (exact) mass is 184 g/mol. The number of nitrogens with one attached hydrogen (secondary N) is 1. The van der Waals surface area contributed by atoms with Crippen LogP contribution in [0, 0.1) is 5.92 Å². The van der Waals surface area contributed by atoms with Crippen molar-refractivity contribution in [3.05, 3.63) is 0 Å². The lowest BCUT2D eigenvalue weighted by Gasteiger charge is -2.25. The van der Waals surface area contributed by atoms with E-state index in [0.717, 1.165) is 6.42 Å². The number of amides is 2. The number of piperazine rings is 1. The molecule has 13 heavy (non-hydrogen) atoms. The lowest BCUT2D eigenvalue weighted by Crippen LogP contribution is -2.52. The van der Waals surface area contributed by atoms with Crippen LogP contribution in [0.2, 0.25) is 0 Å². The first-order chi connectivity index (χ1) is 6.11. The summed E-state index contributed by atoms with van der Waals surface area (Å²) in [5.74, 6) is 0.323. The molecule has 0 aromatic heterocycles. The zero-order chi connectivity index (χ0) is 9.84. The number of hydrogen-bond acceptors (Lipinski definition) is 3. The van der Waals surface area contributed by atoms with Crippen molar-refractivity contribution < 1.29 is 9.59 Å². The minimum atomic E-state index is -0.100. The molecular formula is C9H16N2O2. The van der Waals surface area contributed by atoms with E-state index in [1.165, 1.54) is 4.90 Å². The van der Waals surface area contributed by atoms with E-state index in [4.69, 9.17) is 0 Å². The topological polar surface area (TPSA) is 49.4 Å². The number of carbonyl (C=O) groups is 2. The lowest BCUT2D eigenvalue weighted by atomic mass is 10.1. The Morgan fingerprint density at radius 2 is 1.85 bits per heavy atom. The first-order valence-corrected chi connectivity index (χ1v) is 4.65. The van der Waals surface area contributed by atoms with Crippen molar-refractivity contribution in [1.82, 2.24) is 10.2 Å². The highest BCUT2D eigenvalue weighted by molar-refractivity contribution is 5.99. The Balaban J connectivity index is 2.44. The molecule has 0 aromatic carbocycles. The fraction of sp³-hybridized carbons (Fsp3) is 0.778. The summed E-state index contributed by atoms with van der Waals surface area (Å²) in [7, 11) is 0. The van der Waals surface area contributed by atoms with Gasteiger partial charge in [-0.1, -0.05) is 13.8 Å². The molecule has 0 atom stereocenters. The van der Waals surface area contributed by atoms with E-state index in [1.807, 2.05) is 0 Å². The third-order valence-electron chi connectivity index (χ3n) is 2.08. The van der Waals surface area contributed by atoms with Gasteiger partial charge in [-0.2, -0.15) is 0 Å². The molecule has 0 aliphatic carbocycles. The van der Waals surface area contributed by atoms with Crippen molar-refractivity contribution >= 4 is 11.8 Å². The highest BCUT2D eigenvalue weighted by Gasteiger charge is 2.24. The van der Waals surface area contributed by atoms with Gasteiger partial charge in [-0.25, -0.2) is 0 Å². The molecule has 2 amide bonds. The van der Waals surface area contributed by atoms with Crippen molar-refractivity contribution in [1.29, 1.82) is 0 Å². The first-order valence-electron chi connectivity index (χ1n) is 4.65. The molecule has 1 rings (SSSR count). The maximum atomic E-state index is 11.3. The smallest absolute Gasteiger partial charge is 0.243 e. The SMILES string of the molecule is CC(C)CCN1C(=O)CNCC1=O. The molecule has 0 saturated carbocycles. The molecule has 1 heterocycles. The van der Waals surface area contributed by atoms with Gasteiger partial charge in [0, 0.05) is 6.54 Å². The second-order valence-electron chi connectivity index (χ2n) is 3.73. The van der Waals surface area contributed by atoms with Gasteiger partial charge in [0.1, 0.15) is 0 Å². The largest absolute Gasteiger partial charge is 0.300 e. The standard InChI is InChI=1S/C9H16N2O2/c1-7(2)3-4-11-8(12)5-10-6-9(11)13/h7,10H,3-6H2,1-2H3. The minimum absolute atomic E-state index is 0.100. The van der Waals surface area contributed by atoms with Gasteiger partial charge in [-0.05, 0) is 12.3 Å². The first kappa shape index (κ1) is 10.2. The lowest BCUT2D eigenvalue weighted by molar-refractivity contribution is -0.146. The Bertz CT molecular complexity index is 198. The van der Waals surface area contributed by atoms with E-state index >= 15 is 0 Å². The van der Waals surface area contributed by atoms with E-state index in [2.05, 4.69) is 19.2 Å². The van der Waals surface area contributed by atoms with Crippen molar-refractivity contribution in [2.24, 2.45) is 5.92 Å². The van der Waals surface area contributed by atoms with Crippen LogP contribution in [0.15, 0.2) is 0 Å². The van der Waals surface area contributed by atoms with Crippen LogP contribution in [0.5, 0.6) is 0 Å². The molecule has 0 bridgehead atoms. The van der Waals surface area contributed by atoms with Crippen molar-refractivity contribution in [3.63, 3.8) is 0 Å². The molecule has 1 N–H and O–H groups in total. The number of hydrogen-bond donors (Lipinski definition) is 1. The fourth-order valence-corrected chi connectivity index (χ4v) is 1.24. The zero-order valence-corrected chi connectivity index (χ0v) is 8.17. The Labute approximate surface area is 78.3 Å². The number of carbonyl (C=O) groups excluding carboxylic acids is 2. The summed E-state index contributed by atoms with van der Waals surface area (Å²) < 4.78 is 0. The molecule has 1 saturated heterocycles. The summed E-state index contributed by atoms with van der Waals surface area (Å²) in [6.45, 7) is 5.32. The maximum Gasteiger partial charge on any atom is 0.243 e. The van der Waals surface area contributed by atoms with Crippen LogP contribution in [0.1, 0.15) is 20.3 Å². The highest BCUT2D eigenvalue weighted by atomic mass is 16.2. The highest BCUT2D eigenvalue weighted by Crippen LogP contribution is 2.04. The predicted octanol–water partition coefficient (Wildman–Crippen LogP) is -0.00910. The van der Waals surface area contributed by atoms with Crippen LogP contribution in [-0.2, 0) is 9.59 Å². The summed E-state index contributed by atoms with van der Waals surface area (Å²) in [5, 5.41) is 2.76. The number of imide groups is 1. The fourth-order valence-electron chi connectivity index (χ4n) is 1.24. The Morgan fingerprint density at radius 1 is 1.31 bits per heavy atom. The molecule has 1 aliphatic rings. The van der Waals surface area contributed by atoms with Gasteiger partial charge in [0.15, 0.2) is 0 Å². The van der Waals surface area contributed by atoms with Crippen LogP contribution < -0.4 is 5.32 Å². The Morgan fingerprint density at radius 3 is 2.31 bits per heavy atom. The second-order valence-corrected chi connectivity index (χ2v) is 3.73. The van der Waals surface area contributed by atoms with Gasteiger partial charge in [0.2, 0.25) is 11.8 Å². The molecule has 1 fully saturated rings. The van der Waals surface area contributed by atoms with Gasteiger partial charge in [-0.3, -0.25) is 19.8 Å². The minimum Gasteiger partial charge on any atom is -0.300 e. The molecule has 0 unspecified atom stereocenters. The van der Waals surface area contributed by atoms with Gasteiger partial charge in [0.25, 0.3) is 0 Å². The average Bonchev–Trinajstić information content (AvgIpc) is 2.03. The summed E-state index contributed by atoms with van der Waals surface area (Å²) in [6, 6.07) is 0. The normalized spacial score (nSPS) is 18.5. The van der Waals surface area contributed by atoms with Crippen LogP contribution >= 0.6 is 0 Å². The van der Waals surface area contributed by atoms with Crippen molar-refractivity contribution in [2.45, 2.75) is 20.3 Å².